The topological polar surface area (TPSA) is 56.1 Å². The second-order valence-electron chi connectivity index (χ2n) is 5.38. The van der Waals surface area contributed by atoms with Crippen molar-refractivity contribution in [2.24, 2.45) is 0 Å². The Morgan fingerprint density at radius 1 is 1.18 bits per heavy atom. The highest BCUT2D eigenvalue weighted by Crippen LogP contribution is 2.18. The maximum absolute atomic E-state index is 5.84. The minimum absolute atomic E-state index is 0.113. The molecule has 0 aliphatic carbocycles. The maximum atomic E-state index is 5.84. The first-order chi connectivity index (χ1) is 10.9. The largest absolute Gasteiger partial charge is 0.373 e. The second-order valence-corrected chi connectivity index (χ2v) is 5.38. The summed E-state index contributed by atoms with van der Waals surface area (Å²) in [5.41, 5.74) is 1.85. The van der Waals surface area contributed by atoms with Gasteiger partial charge in [0.25, 0.3) is 0 Å². The zero-order valence-electron chi connectivity index (χ0n) is 12.2. The van der Waals surface area contributed by atoms with Crippen LogP contribution in [-0.2, 0) is 11.3 Å². The van der Waals surface area contributed by atoms with Crippen molar-refractivity contribution in [1.29, 1.82) is 0 Å². The highest BCUT2D eigenvalue weighted by atomic mass is 16.5. The van der Waals surface area contributed by atoms with Crippen LogP contribution in [0.3, 0.4) is 0 Å². The zero-order valence-corrected chi connectivity index (χ0v) is 12.2. The number of ether oxygens (including phenoxy) is 1. The molecule has 0 radical (unpaired) electrons. The molecule has 1 aromatic carbocycles. The van der Waals surface area contributed by atoms with Gasteiger partial charge in [0.1, 0.15) is 5.82 Å². The number of fused-ring (bicyclic) bond motifs is 1. The molecule has 6 nitrogen and oxygen atoms in total. The number of para-hydroxylation sites is 2. The third-order valence-corrected chi connectivity index (χ3v) is 3.85. The summed E-state index contributed by atoms with van der Waals surface area (Å²) in [7, 11) is 0. The number of hydrogen-bond acceptors (Lipinski definition) is 5. The number of aromatic nitrogens is 4. The highest BCUT2D eigenvalue weighted by Gasteiger charge is 2.22. The number of nitrogens with zero attached hydrogens (tertiary/aromatic N) is 5. The van der Waals surface area contributed by atoms with Crippen LogP contribution in [0, 0.1) is 0 Å². The summed E-state index contributed by atoms with van der Waals surface area (Å²) in [6.45, 7) is 3.08. The fourth-order valence-electron chi connectivity index (χ4n) is 2.75. The van der Waals surface area contributed by atoms with E-state index in [1.54, 1.807) is 6.20 Å². The molecule has 1 atom stereocenters. The van der Waals surface area contributed by atoms with E-state index in [4.69, 9.17) is 9.72 Å². The van der Waals surface area contributed by atoms with Crippen LogP contribution in [0.5, 0.6) is 0 Å². The molecule has 0 amide bonds. The highest BCUT2D eigenvalue weighted by molar-refractivity contribution is 5.75. The summed E-state index contributed by atoms with van der Waals surface area (Å²) >= 11 is 0. The van der Waals surface area contributed by atoms with E-state index in [9.17, 15) is 0 Å². The Balaban J connectivity index is 1.53. The molecule has 0 N–H and O–H groups in total. The lowest BCUT2D eigenvalue weighted by Crippen LogP contribution is -2.44. The quantitative estimate of drug-likeness (QED) is 0.736. The van der Waals surface area contributed by atoms with Crippen molar-refractivity contribution >= 4 is 16.9 Å². The van der Waals surface area contributed by atoms with Crippen molar-refractivity contribution in [2.45, 2.75) is 12.6 Å². The fourth-order valence-corrected chi connectivity index (χ4v) is 2.75. The predicted octanol–water partition coefficient (Wildman–Crippen LogP) is 1.73. The van der Waals surface area contributed by atoms with E-state index in [1.165, 1.54) is 0 Å². The minimum Gasteiger partial charge on any atom is -0.373 e. The SMILES string of the molecule is c1ccc2nc(N3CCO[C@@H](Cn4cccn4)C3)cnc2c1. The van der Waals surface area contributed by atoms with Crippen molar-refractivity contribution in [3.8, 4) is 0 Å². The number of rotatable bonds is 3. The molecule has 3 aromatic rings. The minimum atomic E-state index is 0.113. The Kier molecular flexibility index (Phi) is 3.44. The van der Waals surface area contributed by atoms with Crippen LogP contribution >= 0.6 is 0 Å². The van der Waals surface area contributed by atoms with Crippen molar-refractivity contribution in [1.82, 2.24) is 19.7 Å². The molecule has 1 saturated heterocycles. The van der Waals surface area contributed by atoms with Crippen LogP contribution in [-0.4, -0.2) is 45.5 Å². The van der Waals surface area contributed by atoms with Gasteiger partial charge < -0.3 is 9.64 Å². The summed E-state index contributed by atoms with van der Waals surface area (Å²) < 4.78 is 7.74. The molecule has 2 aromatic heterocycles. The standard InChI is InChI=1S/C16H17N5O/c1-2-5-15-14(4-1)17-10-16(19-15)20-8-9-22-13(11-20)12-21-7-3-6-18-21/h1-7,10,13H,8-9,11-12H2/t13-/m1/s1. The number of hydrogen-bond donors (Lipinski definition) is 0. The van der Waals surface area contributed by atoms with Gasteiger partial charge in [-0.2, -0.15) is 5.10 Å². The maximum Gasteiger partial charge on any atom is 0.148 e. The molecule has 1 aliphatic rings. The average molecular weight is 295 g/mol. The van der Waals surface area contributed by atoms with Gasteiger partial charge in [-0.3, -0.25) is 9.67 Å². The van der Waals surface area contributed by atoms with Gasteiger partial charge in [-0.25, -0.2) is 4.98 Å². The lowest BCUT2D eigenvalue weighted by Gasteiger charge is -2.33. The van der Waals surface area contributed by atoms with E-state index in [-0.39, 0.29) is 6.10 Å². The van der Waals surface area contributed by atoms with Crippen LogP contribution < -0.4 is 4.90 Å². The van der Waals surface area contributed by atoms with E-state index in [0.29, 0.717) is 6.61 Å². The monoisotopic (exact) mass is 295 g/mol. The first kappa shape index (κ1) is 13.2. The van der Waals surface area contributed by atoms with Crippen molar-refractivity contribution in [3.05, 3.63) is 48.9 Å². The summed E-state index contributed by atoms with van der Waals surface area (Å²) in [5.74, 6) is 0.910. The molecule has 22 heavy (non-hydrogen) atoms. The third-order valence-electron chi connectivity index (χ3n) is 3.85. The van der Waals surface area contributed by atoms with Crippen LogP contribution in [0.15, 0.2) is 48.9 Å². The van der Waals surface area contributed by atoms with E-state index in [0.717, 1.165) is 36.5 Å². The predicted molar refractivity (Wildman–Crippen MR) is 83.7 cm³/mol. The lowest BCUT2D eigenvalue weighted by molar-refractivity contribution is 0.0272. The van der Waals surface area contributed by atoms with Gasteiger partial charge in [-0.05, 0) is 18.2 Å². The lowest BCUT2D eigenvalue weighted by atomic mass is 10.2. The van der Waals surface area contributed by atoms with Crippen LogP contribution in [0.1, 0.15) is 0 Å². The molecule has 0 bridgehead atoms. The third kappa shape index (κ3) is 2.65. The van der Waals surface area contributed by atoms with Gasteiger partial charge in [0.2, 0.25) is 0 Å². The fraction of sp³-hybridized carbons (Fsp3) is 0.312. The molecule has 3 heterocycles. The molecular weight excluding hydrogens is 278 g/mol. The van der Waals surface area contributed by atoms with Crippen molar-refractivity contribution in [2.75, 3.05) is 24.6 Å². The molecule has 1 aliphatic heterocycles. The van der Waals surface area contributed by atoms with Gasteiger partial charge in [-0.1, -0.05) is 12.1 Å². The first-order valence-electron chi connectivity index (χ1n) is 7.44. The average Bonchev–Trinajstić information content (AvgIpc) is 3.08. The molecule has 0 unspecified atom stereocenters. The Morgan fingerprint density at radius 3 is 2.95 bits per heavy atom. The smallest absolute Gasteiger partial charge is 0.148 e. The van der Waals surface area contributed by atoms with Gasteiger partial charge in [0, 0.05) is 25.5 Å². The first-order valence-corrected chi connectivity index (χ1v) is 7.44. The van der Waals surface area contributed by atoms with Crippen molar-refractivity contribution in [3.63, 3.8) is 0 Å². The number of benzene rings is 1. The van der Waals surface area contributed by atoms with Crippen molar-refractivity contribution < 1.29 is 4.74 Å². The Morgan fingerprint density at radius 2 is 2.09 bits per heavy atom. The Hall–Kier alpha value is -2.47. The summed E-state index contributed by atoms with van der Waals surface area (Å²) in [5, 5.41) is 4.24. The molecule has 4 rings (SSSR count). The molecule has 0 saturated carbocycles. The van der Waals surface area contributed by atoms with Crippen LogP contribution in [0.2, 0.25) is 0 Å². The molecular formula is C16H17N5O. The zero-order chi connectivity index (χ0) is 14.8. The van der Waals surface area contributed by atoms with E-state index >= 15 is 0 Å². The second kappa shape index (κ2) is 5.73. The Bertz CT molecular complexity index is 758. The van der Waals surface area contributed by atoms with Gasteiger partial charge >= 0.3 is 0 Å². The molecule has 0 spiro atoms. The van der Waals surface area contributed by atoms with Gasteiger partial charge in [0.15, 0.2) is 0 Å². The summed E-state index contributed by atoms with van der Waals surface area (Å²) in [4.78, 5) is 11.4. The summed E-state index contributed by atoms with van der Waals surface area (Å²) in [6.07, 6.45) is 5.70. The molecule has 6 heteroatoms. The normalized spacial score (nSPS) is 18.7. The number of morpholine rings is 1. The van der Waals surface area contributed by atoms with E-state index in [2.05, 4.69) is 15.0 Å². The molecule has 1 fully saturated rings. The van der Waals surface area contributed by atoms with Gasteiger partial charge in [-0.15, -0.1) is 0 Å². The van der Waals surface area contributed by atoms with Crippen LogP contribution in [0.25, 0.3) is 11.0 Å². The van der Waals surface area contributed by atoms with E-state index in [1.807, 2.05) is 47.4 Å². The van der Waals surface area contributed by atoms with Gasteiger partial charge in [0.05, 0.1) is 36.5 Å². The van der Waals surface area contributed by atoms with E-state index < -0.39 is 0 Å². The van der Waals surface area contributed by atoms with Crippen LogP contribution in [0.4, 0.5) is 5.82 Å². The number of anilines is 1. The molecule has 112 valence electrons. The summed E-state index contributed by atoms with van der Waals surface area (Å²) in [6, 6.07) is 9.86. The Labute approximate surface area is 128 Å².